The van der Waals surface area contributed by atoms with Gasteiger partial charge in [-0.15, -0.1) is 0 Å². The van der Waals surface area contributed by atoms with Gasteiger partial charge >= 0.3 is 0 Å². The average molecular weight is 425 g/mol. The van der Waals surface area contributed by atoms with E-state index in [0.717, 1.165) is 23.3 Å². The Kier molecular flexibility index (Phi) is 9.10. The standard InChI is InChI=1S/C26H36N2O3/c1-19(2)11-16-24(29)27-23(25(30)28-26(3,4)5)17-20-12-14-22(15-13-20)31-18-21-9-7-6-8-10-21/h6-10,12-15,19,23H,11,16-18H2,1-5H3,(H,27,29)(H,28,30). The first-order chi connectivity index (χ1) is 14.6. The van der Waals surface area contributed by atoms with Crippen LogP contribution in [-0.4, -0.2) is 23.4 Å². The van der Waals surface area contributed by atoms with Crippen LogP contribution in [0.5, 0.6) is 5.75 Å². The molecule has 0 spiro atoms. The molecule has 0 saturated heterocycles. The van der Waals surface area contributed by atoms with E-state index in [-0.39, 0.29) is 17.4 Å². The molecule has 2 aromatic rings. The zero-order valence-corrected chi connectivity index (χ0v) is 19.4. The maximum absolute atomic E-state index is 12.8. The Balaban J connectivity index is 2.00. The second-order valence-corrected chi connectivity index (χ2v) is 9.41. The molecule has 1 unspecified atom stereocenters. The van der Waals surface area contributed by atoms with Crippen LogP contribution in [0.4, 0.5) is 0 Å². The Morgan fingerprint density at radius 2 is 1.58 bits per heavy atom. The van der Waals surface area contributed by atoms with Gasteiger partial charge in [-0.25, -0.2) is 0 Å². The molecule has 0 heterocycles. The van der Waals surface area contributed by atoms with Crippen LogP contribution >= 0.6 is 0 Å². The molecule has 1 atom stereocenters. The van der Waals surface area contributed by atoms with Gasteiger partial charge in [0.05, 0.1) is 0 Å². The number of amides is 2. The summed E-state index contributed by atoms with van der Waals surface area (Å²) in [7, 11) is 0. The lowest BCUT2D eigenvalue weighted by molar-refractivity contribution is -0.130. The van der Waals surface area contributed by atoms with Crippen molar-refractivity contribution in [3.05, 3.63) is 65.7 Å². The number of ether oxygens (including phenoxy) is 1. The first-order valence-electron chi connectivity index (χ1n) is 11.0. The van der Waals surface area contributed by atoms with Gasteiger partial charge in [0.15, 0.2) is 0 Å². The van der Waals surface area contributed by atoms with Crippen molar-refractivity contribution in [1.82, 2.24) is 10.6 Å². The molecule has 0 aliphatic carbocycles. The number of carbonyl (C=O) groups is 2. The van der Waals surface area contributed by atoms with E-state index in [1.165, 1.54) is 0 Å². The Morgan fingerprint density at radius 3 is 2.16 bits per heavy atom. The average Bonchev–Trinajstić information content (AvgIpc) is 2.71. The van der Waals surface area contributed by atoms with Crippen LogP contribution in [0.2, 0.25) is 0 Å². The van der Waals surface area contributed by atoms with Gasteiger partial charge in [-0.2, -0.15) is 0 Å². The van der Waals surface area contributed by atoms with Crippen LogP contribution in [-0.2, 0) is 22.6 Å². The highest BCUT2D eigenvalue weighted by Gasteiger charge is 2.24. The van der Waals surface area contributed by atoms with E-state index < -0.39 is 6.04 Å². The highest BCUT2D eigenvalue weighted by molar-refractivity contribution is 5.88. The normalized spacial score (nSPS) is 12.3. The molecule has 0 aliphatic heterocycles. The van der Waals surface area contributed by atoms with Crippen molar-refractivity contribution in [3.8, 4) is 5.75 Å². The maximum Gasteiger partial charge on any atom is 0.243 e. The van der Waals surface area contributed by atoms with Crippen LogP contribution in [0.15, 0.2) is 54.6 Å². The molecule has 5 heteroatoms. The number of carbonyl (C=O) groups excluding carboxylic acids is 2. The van der Waals surface area contributed by atoms with Gasteiger partial charge in [-0.1, -0.05) is 56.3 Å². The molecule has 2 N–H and O–H groups in total. The zero-order valence-electron chi connectivity index (χ0n) is 19.4. The molecule has 0 fully saturated rings. The molecule has 0 radical (unpaired) electrons. The molecular formula is C26H36N2O3. The summed E-state index contributed by atoms with van der Waals surface area (Å²) in [6.07, 6.45) is 1.64. The Labute approximate surface area is 186 Å². The number of benzene rings is 2. The van der Waals surface area contributed by atoms with E-state index in [2.05, 4.69) is 24.5 Å². The molecule has 0 aromatic heterocycles. The highest BCUT2D eigenvalue weighted by atomic mass is 16.5. The van der Waals surface area contributed by atoms with Gasteiger partial charge in [0.2, 0.25) is 11.8 Å². The summed E-state index contributed by atoms with van der Waals surface area (Å²) in [5.41, 5.74) is 1.70. The van der Waals surface area contributed by atoms with E-state index in [1.807, 2.05) is 75.4 Å². The van der Waals surface area contributed by atoms with Crippen molar-refractivity contribution in [3.63, 3.8) is 0 Å². The van der Waals surface area contributed by atoms with Crippen molar-refractivity contribution in [2.45, 2.75) is 72.1 Å². The summed E-state index contributed by atoms with van der Waals surface area (Å²) in [6, 6.07) is 17.1. The number of hydrogen-bond donors (Lipinski definition) is 2. The molecule has 0 saturated carbocycles. The van der Waals surface area contributed by atoms with Gasteiger partial charge in [0.25, 0.3) is 0 Å². The zero-order chi connectivity index (χ0) is 22.9. The highest BCUT2D eigenvalue weighted by Crippen LogP contribution is 2.16. The minimum atomic E-state index is -0.616. The summed E-state index contributed by atoms with van der Waals surface area (Å²) < 4.78 is 5.84. The first-order valence-corrected chi connectivity index (χ1v) is 11.0. The predicted molar refractivity (Wildman–Crippen MR) is 125 cm³/mol. The summed E-state index contributed by atoms with van der Waals surface area (Å²) in [5.74, 6) is 0.945. The minimum Gasteiger partial charge on any atom is -0.489 e. The molecule has 168 valence electrons. The van der Waals surface area contributed by atoms with E-state index in [0.29, 0.717) is 25.4 Å². The van der Waals surface area contributed by atoms with Crippen LogP contribution in [0.3, 0.4) is 0 Å². The van der Waals surface area contributed by atoms with E-state index in [4.69, 9.17) is 4.74 Å². The molecule has 2 rings (SSSR count). The number of hydrogen-bond acceptors (Lipinski definition) is 3. The van der Waals surface area contributed by atoms with E-state index in [1.54, 1.807) is 0 Å². The van der Waals surface area contributed by atoms with Gasteiger partial charge in [0, 0.05) is 18.4 Å². The fraction of sp³-hybridized carbons (Fsp3) is 0.462. The minimum absolute atomic E-state index is 0.0921. The van der Waals surface area contributed by atoms with Crippen molar-refractivity contribution >= 4 is 11.8 Å². The molecule has 2 amide bonds. The molecular weight excluding hydrogens is 388 g/mol. The van der Waals surface area contributed by atoms with Crippen LogP contribution in [0.25, 0.3) is 0 Å². The molecule has 0 bridgehead atoms. The Hall–Kier alpha value is -2.82. The van der Waals surface area contributed by atoms with Crippen LogP contribution < -0.4 is 15.4 Å². The monoisotopic (exact) mass is 424 g/mol. The quantitative estimate of drug-likeness (QED) is 0.584. The maximum atomic E-state index is 12.8. The largest absolute Gasteiger partial charge is 0.489 e. The van der Waals surface area contributed by atoms with Crippen LogP contribution in [0.1, 0.15) is 58.6 Å². The lowest BCUT2D eigenvalue weighted by atomic mass is 10.0. The molecule has 2 aromatic carbocycles. The lowest BCUT2D eigenvalue weighted by Crippen LogP contribution is -2.53. The molecule has 5 nitrogen and oxygen atoms in total. The lowest BCUT2D eigenvalue weighted by Gasteiger charge is -2.26. The van der Waals surface area contributed by atoms with Gasteiger partial charge in [-0.05, 0) is 56.4 Å². The third-order valence-electron chi connectivity index (χ3n) is 4.71. The van der Waals surface area contributed by atoms with Crippen molar-refractivity contribution in [2.24, 2.45) is 5.92 Å². The van der Waals surface area contributed by atoms with Crippen molar-refractivity contribution in [2.75, 3.05) is 0 Å². The Bertz CT molecular complexity index is 824. The summed E-state index contributed by atoms with van der Waals surface area (Å²) in [5, 5.41) is 5.90. The fourth-order valence-electron chi connectivity index (χ4n) is 3.05. The van der Waals surface area contributed by atoms with Crippen molar-refractivity contribution < 1.29 is 14.3 Å². The summed E-state index contributed by atoms with van der Waals surface area (Å²) in [4.78, 5) is 25.2. The number of nitrogens with one attached hydrogen (secondary N) is 2. The SMILES string of the molecule is CC(C)CCC(=O)NC(Cc1ccc(OCc2ccccc2)cc1)C(=O)NC(C)(C)C. The topological polar surface area (TPSA) is 67.4 Å². The second-order valence-electron chi connectivity index (χ2n) is 9.41. The van der Waals surface area contributed by atoms with Gasteiger partial charge in [-0.3, -0.25) is 9.59 Å². The summed E-state index contributed by atoms with van der Waals surface area (Å²) >= 11 is 0. The van der Waals surface area contributed by atoms with E-state index >= 15 is 0 Å². The third kappa shape index (κ3) is 9.69. The fourth-order valence-corrected chi connectivity index (χ4v) is 3.05. The Morgan fingerprint density at radius 1 is 0.935 bits per heavy atom. The third-order valence-corrected chi connectivity index (χ3v) is 4.71. The number of rotatable bonds is 10. The smallest absolute Gasteiger partial charge is 0.243 e. The van der Waals surface area contributed by atoms with Crippen molar-refractivity contribution in [1.29, 1.82) is 0 Å². The van der Waals surface area contributed by atoms with Gasteiger partial charge in [0.1, 0.15) is 18.4 Å². The summed E-state index contributed by atoms with van der Waals surface area (Å²) in [6.45, 7) is 10.5. The van der Waals surface area contributed by atoms with Gasteiger partial charge < -0.3 is 15.4 Å². The first kappa shape index (κ1) is 24.4. The molecule has 0 aliphatic rings. The van der Waals surface area contributed by atoms with Crippen LogP contribution in [0, 0.1) is 5.92 Å². The predicted octanol–water partition coefficient (Wildman–Crippen LogP) is 4.64. The molecule has 31 heavy (non-hydrogen) atoms. The second kappa shape index (κ2) is 11.5. The van der Waals surface area contributed by atoms with E-state index in [9.17, 15) is 9.59 Å².